The Kier molecular flexibility index (Phi) is 6.30. The number of ether oxygens (including phenoxy) is 1. The smallest absolute Gasteiger partial charge is 0.414 e. The summed E-state index contributed by atoms with van der Waals surface area (Å²) in [7, 11) is 1.72. The Hall–Kier alpha value is -3.89. The van der Waals surface area contributed by atoms with E-state index in [2.05, 4.69) is 36.0 Å². The number of anilines is 1. The van der Waals surface area contributed by atoms with E-state index in [0.717, 1.165) is 5.56 Å². The van der Waals surface area contributed by atoms with Gasteiger partial charge in [0.15, 0.2) is 12.3 Å². The minimum Gasteiger partial charge on any atom is -0.444 e. The maximum absolute atomic E-state index is 11.9. The van der Waals surface area contributed by atoms with Gasteiger partial charge < -0.3 is 9.57 Å². The lowest BCUT2D eigenvalue weighted by molar-refractivity contribution is 0.0634. The molecule has 0 fully saturated rings. The number of benzene rings is 1. The third kappa shape index (κ3) is 5.80. The molecular formula is C19H22N8O3. The van der Waals surface area contributed by atoms with Crippen LogP contribution in [0.15, 0.2) is 47.8 Å². The van der Waals surface area contributed by atoms with E-state index in [-0.39, 0.29) is 12.6 Å². The predicted molar refractivity (Wildman–Crippen MR) is 108 cm³/mol. The lowest BCUT2D eigenvalue weighted by Gasteiger charge is -2.19. The largest absolute Gasteiger partial charge is 0.444 e. The molecule has 156 valence electrons. The van der Waals surface area contributed by atoms with E-state index >= 15 is 0 Å². The lowest BCUT2D eigenvalue weighted by Crippen LogP contribution is -2.27. The van der Waals surface area contributed by atoms with Crippen molar-refractivity contribution in [3.05, 3.63) is 59.7 Å². The normalized spacial score (nSPS) is 11.8. The summed E-state index contributed by atoms with van der Waals surface area (Å²) in [6.07, 6.45) is 0.868. The maximum atomic E-state index is 11.9. The van der Waals surface area contributed by atoms with Crippen molar-refractivity contribution in [1.82, 2.24) is 30.2 Å². The van der Waals surface area contributed by atoms with Gasteiger partial charge in [-0.2, -0.15) is 0 Å². The molecule has 11 nitrogen and oxygen atoms in total. The zero-order valence-corrected chi connectivity index (χ0v) is 17.1. The molecular weight excluding hydrogens is 388 g/mol. The minimum atomic E-state index is -0.639. The third-order valence-corrected chi connectivity index (χ3v) is 3.57. The Morgan fingerprint density at radius 3 is 2.63 bits per heavy atom. The molecule has 0 spiro atoms. The molecule has 0 aliphatic carbocycles. The number of tetrazole rings is 1. The molecule has 30 heavy (non-hydrogen) atoms. The summed E-state index contributed by atoms with van der Waals surface area (Å²) < 4.78 is 6.69. The van der Waals surface area contributed by atoms with Crippen LogP contribution in [0.1, 0.15) is 37.9 Å². The molecule has 0 radical (unpaired) electrons. The van der Waals surface area contributed by atoms with Crippen LogP contribution in [0.4, 0.5) is 10.7 Å². The van der Waals surface area contributed by atoms with Gasteiger partial charge in [0.2, 0.25) is 11.8 Å². The van der Waals surface area contributed by atoms with Crippen LogP contribution in [-0.4, -0.2) is 47.6 Å². The van der Waals surface area contributed by atoms with Crippen LogP contribution in [0, 0.1) is 0 Å². The molecule has 1 amide bonds. The monoisotopic (exact) mass is 410 g/mol. The molecule has 0 atom stereocenters. The number of carbonyl (C=O) groups is 1. The lowest BCUT2D eigenvalue weighted by atomic mass is 10.1. The number of nitrogens with zero attached hydrogens (tertiary/aromatic N) is 7. The second kappa shape index (κ2) is 9.07. The average Bonchev–Trinajstić information content (AvgIpc) is 3.10. The molecule has 2 aromatic heterocycles. The first-order chi connectivity index (χ1) is 14.3. The SMILES string of the molecule is Cn1nnnc1C(=NOCc1ccnc(NC(=O)OC(C)(C)C)n1)c1ccccc1. The van der Waals surface area contributed by atoms with Crippen LogP contribution >= 0.6 is 0 Å². The van der Waals surface area contributed by atoms with Gasteiger partial charge >= 0.3 is 6.09 Å². The van der Waals surface area contributed by atoms with Crippen LogP contribution in [0.3, 0.4) is 0 Å². The zero-order valence-electron chi connectivity index (χ0n) is 17.1. The third-order valence-electron chi connectivity index (χ3n) is 3.57. The molecule has 1 aromatic carbocycles. The molecule has 0 aliphatic rings. The Morgan fingerprint density at radius 2 is 1.97 bits per heavy atom. The van der Waals surface area contributed by atoms with Crippen LogP contribution in [-0.2, 0) is 23.2 Å². The van der Waals surface area contributed by atoms with Gasteiger partial charge in [0.1, 0.15) is 5.60 Å². The topological polar surface area (TPSA) is 129 Å². The summed E-state index contributed by atoms with van der Waals surface area (Å²) >= 11 is 0. The number of hydrogen-bond donors (Lipinski definition) is 1. The highest BCUT2D eigenvalue weighted by Gasteiger charge is 2.17. The standard InChI is InChI=1S/C19H22N8O3/c1-19(2,3)30-18(28)22-17-20-11-10-14(21-17)12-29-24-15(13-8-6-5-7-9-13)16-23-25-26-27(16)4/h5-11H,12H2,1-4H3,(H,20,21,22,28). The maximum Gasteiger partial charge on any atom is 0.414 e. The van der Waals surface area contributed by atoms with Gasteiger partial charge in [-0.1, -0.05) is 35.5 Å². The van der Waals surface area contributed by atoms with E-state index in [1.54, 1.807) is 33.9 Å². The molecule has 0 bridgehead atoms. The number of oxime groups is 1. The van der Waals surface area contributed by atoms with Gasteiger partial charge in [-0.25, -0.2) is 19.4 Å². The summed E-state index contributed by atoms with van der Waals surface area (Å²) in [5.41, 5.74) is 1.17. The van der Waals surface area contributed by atoms with Gasteiger partial charge in [-0.15, -0.1) is 5.10 Å². The Morgan fingerprint density at radius 1 is 1.20 bits per heavy atom. The summed E-state index contributed by atoms with van der Waals surface area (Å²) in [4.78, 5) is 25.6. The number of carbonyl (C=O) groups excluding carboxylic acids is 1. The average molecular weight is 410 g/mol. The fraction of sp³-hybridized carbons (Fsp3) is 0.316. The highest BCUT2D eigenvalue weighted by Crippen LogP contribution is 2.11. The van der Waals surface area contributed by atoms with Crippen molar-refractivity contribution in [1.29, 1.82) is 0 Å². The number of amides is 1. The van der Waals surface area contributed by atoms with Gasteiger partial charge in [0.25, 0.3) is 0 Å². The molecule has 1 N–H and O–H groups in total. The Bertz CT molecular complexity index is 1030. The summed E-state index contributed by atoms with van der Waals surface area (Å²) in [6.45, 7) is 5.36. The van der Waals surface area contributed by atoms with Crippen molar-refractivity contribution < 1.29 is 14.4 Å². The van der Waals surface area contributed by atoms with Crippen molar-refractivity contribution in [3.63, 3.8) is 0 Å². The number of aryl methyl sites for hydroxylation is 1. The first-order valence-electron chi connectivity index (χ1n) is 9.12. The van der Waals surface area contributed by atoms with E-state index in [1.165, 1.54) is 10.9 Å². The summed E-state index contributed by atoms with van der Waals surface area (Å²) in [5.74, 6) is 0.561. The molecule has 0 saturated carbocycles. The van der Waals surface area contributed by atoms with Crippen molar-refractivity contribution >= 4 is 17.8 Å². The molecule has 0 saturated heterocycles. The van der Waals surface area contributed by atoms with E-state index in [1.807, 2.05) is 30.3 Å². The van der Waals surface area contributed by atoms with Crippen molar-refractivity contribution in [2.45, 2.75) is 33.0 Å². The second-order valence-corrected chi connectivity index (χ2v) is 7.20. The number of hydrogen-bond acceptors (Lipinski definition) is 9. The summed E-state index contributed by atoms with van der Waals surface area (Å²) in [6, 6.07) is 11.1. The first-order valence-corrected chi connectivity index (χ1v) is 9.12. The van der Waals surface area contributed by atoms with Gasteiger partial charge in [-0.3, -0.25) is 5.32 Å². The first kappa shape index (κ1) is 20.8. The molecule has 0 aliphatic heterocycles. The second-order valence-electron chi connectivity index (χ2n) is 7.20. The minimum absolute atomic E-state index is 0.0487. The van der Waals surface area contributed by atoms with Gasteiger partial charge in [-0.05, 0) is 37.3 Å². The highest BCUT2D eigenvalue weighted by molar-refractivity contribution is 6.10. The van der Waals surface area contributed by atoms with E-state index in [4.69, 9.17) is 9.57 Å². The fourth-order valence-corrected chi connectivity index (χ4v) is 2.34. The zero-order chi connectivity index (χ0) is 21.6. The molecule has 3 rings (SSSR count). The molecule has 2 heterocycles. The van der Waals surface area contributed by atoms with Crippen LogP contribution in [0.2, 0.25) is 0 Å². The van der Waals surface area contributed by atoms with Crippen molar-refractivity contribution in [3.8, 4) is 0 Å². The Labute approximate surface area is 173 Å². The highest BCUT2D eigenvalue weighted by atomic mass is 16.6. The van der Waals surface area contributed by atoms with Gasteiger partial charge in [0.05, 0.1) is 5.69 Å². The quantitative estimate of drug-likeness (QED) is 0.484. The fourth-order valence-electron chi connectivity index (χ4n) is 2.34. The van der Waals surface area contributed by atoms with Crippen molar-refractivity contribution in [2.24, 2.45) is 12.2 Å². The Balaban J connectivity index is 1.71. The van der Waals surface area contributed by atoms with Gasteiger partial charge in [0, 0.05) is 18.8 Å². The molecule has 3 aromatic rings. The van der Waals surface area contributed by atoms with E-state index in [0.29, 0.717) is 17.2 Å². The summed E-state index contributed by atoms with van der Waals surface area (Å²) in [5, 5.41) is 18.2. The van der Waals surface area contributed by atoms with E-state index < -0.39 is 11.7 Å². The number of rotatable bonds is 6. The molecule has 0 unspecified atom stereocenters. The van der Waals surface area contributed by atoms with Crippen molar-refractivity contribution in [2.75, 3.05) is 5.32 Å². The predicted octanol–water partition coefficient (Wildman–Crippen LogP) is 2.32. The number of aromatic nitrogens is 6. The van der Waals surface area contributed by atoms with Crippen LogP contribution in [0.25, 0.3) is 0 Å². The van der Waals surface area contributed by atoms with Crippen LogP contribution < -0.4 is 5.32 Å². The number of nitrogens with one attached hydrogen (secondary N) is 1. The van der Waals surface area contributed by atoms with E-state index in [9.17, 15) is 4.79 Å². The molecule has 11 heteroatoms. The van der Waals surface area contributed by atoms with Crippen LogP contribution in [0.5, 0.6) is 0 Å².